The van der Waals surface area contributed by atoms with Crippen LogP contribution in [0, 0.1) is 0 Å². The maximum atomic E-state index is 12.1. The molecule has 0 aliphatic rings. The Morgan fingerprint density at radius 2 is 2.09 bits per heavy atom. The zero-order chi connectivity index (χ0) is 16.2. The predicted molar refractivity (Wildman–Crippen MR) is 79.5 cm³/mol. The van der Waals surface area contributed by atoms with E-state index < -0.39 is 17.6 Å². The second-order valence-electron chi connectivity index (χ2n) is 5.00. The van der Waals surface area contributed by atoms with Crippen LogP contribution in [0.4, 0.5) is 0 Å². The zero-order valence-corrected chi connectivity index (χ0v) is 12.6. The highest BCUT2D eigenvalue weighted by Crippen LogP contribution is 2.21. The van der Waals surface area contributed by atoms with Crippen LogP contribution in [-0.2, 0) is 21.6 Å². The first-order valence-electron chi connectivity index (χ1n) is 6.97. The van der Waals surface area contributed by atoms with Gasteiger partial charge in [0.2, 0.25) is 5.82 Å². The topological polar surface area (TPSA) is 122 Å². The quantitative estimate of drug-likeness (QED) is 0.708. The summed E-state index contributed by atoms with van der Waals surface area (Å²) >= 11 is 0. The number of hydrogen-bond acceptors (Lipinski definition) is 7. The fourth-order valence-electron chi connectivity index (χ4n) is 2.12. The van der Waals surface area contributed by atoms with Crippen LogP contribution in [-0.4, -0.2) is 39.3 Å². The maximum absolute atomic E-state index is 12.1. The standard InChI is InChI=1S/C14H20N6O2/c1-3-11(15)14(16,13(21)22-2)12-17-19-20(18-12)9-10-7-5-4-6-8-10/h4-8,11H,3,9,15-16H2,1-2H3. The summed E-state index contributed by atoms with van der Waals surface area (Å²) in [5.41, 5.74) is 11.5. The summed E-state index contributed by atoms with van der Waals surface area (Å²) in [6, 6.07) is 8.97. The molecule has 0 saturated carbocycles. The van der Waals surface area contributed by atoms with Gasteiger partial charge in [0.05, 0.1) is 13.7 Å². The first-order valence-corrected chi connectivity index (χ1v) is 6.97. The molecule has 1 heterocycles. The molecule has 0 saturated heterocycles. The molecule has 2 aromatic rings. The van der Waals surface area contributed by atoms with Gasteiger partial charge in [-0.3, -0.25) is 0 Å². The van der Waals surface area contributed by atoms with Gasteiger partial charge in [-0.15, -0.1) is 10.2 Å². The lowest BCUT2D eigenvalue weighted by Gasteiger charge is -2.28. The molecule has 8 nitrogen and oxygen atoms in total. The van der Waals surface area contributed by atoms with Crippen LogP contribution in [0.25, 0.3) is 0 Å². The molecule has 118 valence electrons. The van der Waals surface area contributed by atoms with Gasteiger partial charge in [0.15, 0.2) is 5.54 Å². The Bertz CT molecular complexity index is 629. The lowest BCUT2D eigenvalue weighted by molar-refractivity contribution is -0.148. The van der Waals surface area contributed by atoms with E-state index in [4.69, 9.17) is 16.2 Å². The summed E-state index contributed by atoms with van der Waals surface area (Å²) in [7, 11) is 1.25. The number of hydrogen-bond donors (Lipinski definition) is 2. The van der Waals surface area contributed by atoms with Crippen molar-refractivity contribution in [1.82, 2.24) is 20.2 Å². The highest BCUT2D eigenvalue weighted by atomic mass is 16.5. The lowest BCUT2D eigenvalue weighted by atomic mass is 9.89. The minimum Gasteiger partial charge on any atom is -0.467 e. The highest BCUT2D eigenvalue weighted by Gasteiger charge is 2.46. The van der Waals surface area contributed by atoms with Gasteiger partial charge in [-0.2, -0.15) is 4.80 Å². The Morgan fingerprint density at radius 1 is 1.41 bits per heavy atom. The molecule has 2 atom stereocenters. The molecule has 4 N–H and O–H groups in total. The smallest absolute Gasteiger partial charge is 0.335 e. The van der Waals surface area contributed by atoms with Crippen molar-refractivity contribution in [2.45, 2.75) is 31.5 Å². The van der Waals surface area contributed by atoms with Gasteiger partial charge in [-0.05, 0) is 17.2 Å². The average molecular weight is 304 g/mol. The summed E-state index contributed by atoms with van der Waals surface area (Å²) in [5, 5.41) is 12.0. The van der Waals surface area contributed by atoms with E-state index in [1.807, 2.05) is 37.3 Å². The van der Waals surface area contributed by atoms with Crippen LogP contribution in [0.15, 0.2) is 30.3 Å². The molecule has 0 spiro atoms. The van der Waals surface area contributed by atoms with Gasteiger partial charge >= 0.3 is 5.97 Å². The van der Waals surface area contributed by atoms with Crippen molar-refractivity contribution in [2.75, 3.05) is 7.11 Å². The normalized spacial score (nSPS) is 15.1. The Labute approximate surface area is 128 Å². The number of nitrogens with zero attached hydrogens (tertiary/aromatic N) is 4. The summed E-state index contributed by atoms with van der Waals surface area (Å²) in [5.74, 6) is -0.620. The first kappa shape index (κ1) is 16.1. The van der Waals surface area contributed by atoms with E-state index in [-0.39, 0.29) is 5.82 Å². The van der Waals surface area contributed by atoms with Crippen LogP contribution in [0.3, 0.4) is 0 Å². The number of nitrogens with two attached hydrogens (primary N) is 2. The molecule has 8 heteroatoms. The number of ether oxygens (including phenoxy) is 1. The third-order valence-corrected chi connectivity index (χ3v) is 3.54. The first-order chi connectivity index (χ1) is 10.5. The van der Waals surface area contributed by atoms with Crippen molar-refractivity contribution in [2.24, 2.45) is 11.5 Å². The summed E-state index contributed by atoms with van der Waals surface area (Å²) in [6.45, 7) is 2.25. The van der Waals surface area contributed by atoms with Gasteiger partial charge in [0, 0.05) is 6.04 Å². The summed E-state index contributed by atoms with van der Waals surface area (Å²) in [6.07, 6.45) is 0.471. The van der Waals surface area contributed by atoms with Crippen LogP contribution in [0.1, 0.15) is 24.7 Å². The third kappa shape index (κ3) is 2.97. The Balaban J connectivity index is 2.29. The molecule has 2 unspecified atom stereocenters. The van der Waals surface area contributed by atoms with Crippen LogP contribution in [0.5, 0.6) is 0 Å². The third-order valence-electron chi connectivity index (χ3n) is 3.54. The minimum atomic E-state index is -1.61. The van der Waals surface area contributed by atoms with E-state index in [1.54, 1.807) is 0 Å². The zero-order valence-electron chi connectivity index (χ0n) is 12.6. The fraction of sp³-hybridized carbons (Fsp3) is 0.429. The molecule has 1 aromatic heterocycles. The molecule has 0 radical (unpaired) electrons. The van der Waals surface area contributed by atoms with E-state index in [2.05, 4.69) is 15.4 Å². The van der Waals surface area contributed by atoms with Gasteiger partial charge in [-0.1, -0.05) is 37.3 Å². The van der Waals surface area contributed by atoms with Crippen LogP contribution >= 0.6 is 0 Å². The fourth-order valence-corrected chi connectivity index (χ4v) is 2.12. The number of rotatable bonds is 6. The molecule has 0 amide bonds. The molecule has 22 heavy (non-hydrogen) atoms. The number of methoxy groups -OCH3 is 1. The molecule has 2 rings (SSSR count). The van der Waals surface area contributed by atoms with Crippen LogP contribution < -0.4 is 11.5 Å². The Hall–Kier alpha value is -2.32. The van der Waals surface area contributed by atoms with Gasteiger partial charge in [0.25, 0.3) is 0 Å². The minimum absolute atomic E-state index is 0.0598. The molecular weight excluding hydrogens is 284 g/mol. The molecule has 0 aliphatic heterocycles. The number of carbonyl (C=O) groups is 1. The lowest BCUT2D eigenvalue weighted by Crippen LogP contribution is -2.59. The average Bonchev–Trinajstić information content (AvgIpc) is 3.02. The Morgan fingerprint density at radius 3 is 2.68 bits per heavy atom. The number of tetrazole rings is 1. The number of esters is 1. The molecule has 1 aromatic carbocycles. The molecule has 0 fully saturated rings. The van der Waals surface area contributed by atoms with E-state index in [0.717, 1.165) is 5.56 Å². The van der Waals surface area contributed by atoms with E-state index in [0.29, 0.717) is 13.0 Å². The number of benzene rings is 1. The number of aromatic nitrogens is 4. The maximum Gasteiger partial charge on any atom is 0.335 e. The number of carbonyl (C=O) groups excluding carboxylic acids is 1. The largest absolute Gasteiger partial charge is 0.467 e. The van der Waals surface area contributed by atoms with E-state index in [1.165, 1.54) is 11.9 Å². The second kappa shape index (κ2) is 6.63. The van der Waals surface area contributed by atoms with Crippen molar-refractivity contribution >= 4 is 5.97 Å². The van der Waals surface area contributed by atoms with Crippen molar-refractivity contribution in [3.63, 3.8) is 0 Å². The van der Waals surface area contributed by atoms with Crippen LogP contribution in [0.2, 0.25) is 0 Å². The van der Waals surface area contributed by atoms with Gasteiger partial charge in [0.1, 0.15) is 0 Å². The monoisotopic (exact) mass is 304 g/mol. The van der Waals surface area contributed by atoms with E-state index >= 15 is 0 Å². The second-order valence-corrected chi connectivity index (χ2v) is 5.00. The van der Waals surface area contributed by atoms with Crippen molar-refractivity contribution < 1.29 is 9.53 Å². The van der Waals surface area contributed by atoms with Crippen molar-refractivity contribution in [3.8, 4) is 0 Å². The highest BCUT2D eigenvalue weighted by molar-refractivity contribution is 5.82. The SMILES string of the molecule is CCC(N)C(N)(C(=O)OC)c1nnn(Cc2ccccc2)n1. The Kier molecular flexibility index (Phi) is 4.84. The van der Waals surface area contributed by atoms with Gasteiger partial charge in [-0.25, -0.2) is 4.79 Å². The summed E-state index contributed by atoms with van der Waals surface area (Å²) in [4.78, 5) is 13.4. The van der Waals surface area contributed by atoms with Gasteiger partial charge < -0.3 is 16.2 Å². The van der Waals surface area contributed by atoms with E-state index in [9.17, 15) is 4.79 Å². The van der Waals surface area contributed by atoms with Crippen molar-refractivity contribution in [1.29, 1.82) is 0 Å². The molecule has 0 bridgehead atoms. The summed E-state index contributed by atoms with van der Waals surface area (Å²) < 4.78 is 4.76. The molecule has 0 aliphatic carbocycles. The predicted octanol–water partition coefficient (Wildman–Crippen LogP) is -0.214. The molecular formula is C14H20N6O2. The van der Waals surface area contributed by atoms with Crippen molar-refractivity contribution in [3.05, 3.63) is 41.7 Å².